The molecular weight excluding hydrogens is 400 g/mol. The monoisotopic (exact) mass is 432 g/mol. The third-order valence-corrected chi connectivity index (χ3v) is 5.06. The first-order chi connectivity index (χ1) is 14.9. The van der Waals surface area contributed by atoms with Crippen molar-refractivity contribution in [1.29, 1.82) is 0 Å². The third kappa shape index (κ3) is 7.06. The highest BCUT2D eigenvalue weighted by Crippen LogP contribution is 2.14. The molecule has 1 heterocycles. The summed E-state index contributed by atoms with van der Waals surface area (Å²) < 4.78 is 5.08. The van der Waals surface area contributed by atoms with E-state index in [2.05, 4.69) is 10.6 Å². The molecular formula is C22H32N4O5. The quantitative estimate of drug-likeness (QED) is 0.539. The summed E-state index contributed by atoms with van der Waals surface area (Å²) in [5.74, 6) is -1.18. The summed E-state index contributed by atoms with van der Waals surface area (Å²) in [6.07, 6.45) is 0.595. The second-order valence-corrected chi connectivity index (χ2v) is 7.31. The Kier molecular flexibility index (Phi) is 9.45. The number of carbonyl (C=O) groups is 4. The normalized spacial score (nSPS) is 16.4. The Morgan fingerprint density at radius 1 is 1.23 bits per heavy atom. The van der Waals surface area contributed by atoms with Crippen LogP contribution in [0.4, 0.5) is 5.69 Å². The number of piperazine rings is 1. The average molecular weight is 433 g/mol. The topological polar surface area (TPSA) is 108 Å². The van der Waals surface area contributed by atoms with Crippen LogP contribution in [0.3, 0.4) is 0 Å². The summed E-state index contributed by atoms with van der Waals surface area (Å²) in [5, 5.41) is 5.51. The highest BCUT2D eigenvalue weighted by Gasteiger charge is 2.33. The number of carbonyl (C=O) groups excluding carboxylic acids is 4. The lowest BCUT2D eigenvalue weighted by Crippen LogP contribution is -2.57. The molecule has 2 rings (SSSR count). The molecule has 9 heteroatoms. The molecule has 1 saturated heterocycles. The van der Waals surface area contributed by atoms with E-state index in [1.165, 1.54) is 0 Å². The zero-order chi connectivity index (χ0) is 22.8. The van der Waals surface area contributed by atoms with Crippen molar-refractivity contribution >= 4 is 29.4 Å². The number of anilines is 1. The van der Waals surface area contributed by atoms with Crippen molar-refractivity contribution < 1.29 is 23.9 Å². The molecule has 1 atom stereocenters. The molecule has 0 bridgehead atoms. The van der Waals surface area contributed by atoms with Crippen molar-refractivity contribution in [2.24, 2.45) is 0 Å². The number of hydrogen-bond acceptors (Lipinski definition) is 6. The number of esters is 1. The van der Waals surface area contributed by atoms with Crippen LogP contribution in [0.5, 0.6) is 0 Å². The van der Waals surface area contributed by atoms with Gasteiger partial charge in [0, 0.05) is 37.4 Å². The summed E-state index contributed by atoms with van der Waals surface area (Å²) in [6, 6.07) is 6.02. The van der Waals surface area contributed by atoms with Gasteiger partial charge in [-0.3, -0.25) is 24.1 Å². The van der Waals surface area contributed by atoms with Gasteiger partial charge in [-0.1, -0.05) is 13.0 Å². The fraction of sp³-hybridized carbons (Fsp3) is 0.545. The van der Waals surface area contributed by atoms with E-state index >= 15 is 0 Å². The Bertz CT molecular complexity index is 794. The van der Waals surface area contributed by atoms with Crippen molar-refractivity contribution in [1.82, 2.24) is 15.1 Å². The number of hydrogen-bond donors (Lipinski definition) is 2. The fourth-order valence-electron chi connectivity index (χ4n) is 3.41. The number of rotatable bonds is 10. The zero-order valence-corrected chi connectivity index (χ0v) is 18.5. The molecule has 1 fully saturated rings. The van der Waals surface area contributed by atoms with Crippen molar-refractivity contribution in [3.05, 3.63) is 29.8 Å². The number of nitrogens with one attached hydrogen (secondary N) is 2. The molecule has 0 radical (unpaired) electrons. The summed E-state index contributed by atoms with van der Waals surface area (Å²) in [6.45, 7) is 8.03. The Balaban J connectivity index is 2.01. The minimum Gasteiger partial charge on any atom is -0.466 e. The maximum absolute atomic E-state index is 12.6. The Morgan fingerprint density at radius 3 is 2.65 bits per heavy atom. The molecule has 170 valence electrons. The largest absolute Gasteiger partial charge is 0.466 e. The van der Waals surface area contributed by atoms with E-state index in [4.69, 9.17) is 4.74 Å². The zero-order valence-electron chi connectivity index (χ0n) is 18.5. The average Bonchev–Trinajstić information content (AvgIpc) is 2.75. The minimum absolute atomic E-state index is 0.0483. The molecule has 0 aliphatic carbocycles. The molecule has 1 aromatic rings. The molecule has 1 aromatic carbocycles. The van der Waals surface area contributed by atoms with Gasteiger partial charge in [-0.05, 0) is 38.5 Å². The van der Waals surface area contributed by atoms with Crippen LogP contribution in [-0.4, -0.2) is 78.9 Å². The van der Waals surface area contributed by atoms with Gasteiger partial charge in [-0.15, -0.1) is 0 Å². The van der Waals surface area contributed by atoms with Crippen LogP contribution in [0.1, 0.15) is 44.0 Å². The van der Waals surface area contributed by atoms with E-state index in [1.54, 1.807) is 34.1 Å². The minimum atomic E-state index is -0.751. The third-order valence-electron chi connectivity index (χ3n) is 5.06. The molecule has 0 saturated carbocycles. The molecule has 0 spiro atoms. The van der Waals surface area contributed by atoms with Crippen molar-refractivity contribution in [2.45, 2.75) is 39.7 Å². The molecule has 0 aromatic heterocycles. The van der Waals surface area contributed by atoms with Crippen LogP contribution in [-0.2, 0) is 19.1 Å². The van der Waals surface area contributed by atoms with Crippen LogP contribution in [0.15, 0.2) is 24.3 Å². The first kappa shape index (κ1) is 24.3. The first-order valence-corrected chi connectivity index (χ1v) is 10.8. The number of nitrogens with zero attached hydrogens (tertiary/aromatic N) is 2. The van der Waals surface area contributed by atoms with Crippen LogP contribution >= 0.6 is 0 Å². The molecule has 31 heavy (non-hydrogen) atoms. The lowest BCUT2D eigenvalue weighted by Gasteiger charge is -2.33. The summed E-state index contributed by atoms with van der Waals surface area (Å²) in [4.78, 5) is 52.8. The van der Waals surface area contributed by atoms with Crippen LogP contribution in [0, 0.1) is 0 Å². The summed E-state index contributed by atoms with van der Waals surface area (Å²) in [5.41, 5.74) is 0.999. The van der Waals surface area contributed by atoms with E-state index in [9.17, 15) is 19.2 Å². The predicted molar refractivity (Wildman–Crippen MR) is 117 cm³/mol. The van der Waals surface area contributed by atoms with Gasteiger partial charge in [0.25, 0.3) is 5.91 Å². The van der Waals surface area contributed by atoms with E-state index in [0.29, 0.717) is 50.5 Å². The SMILES string of the molecule is CCCOC(=O)CC1C(=O)NCCN1CC(=O)Nc1cccc(C(=O)N(CC)CC)c1. The lowest BCUT2D eigenvalue weighted by atomic mass is 10.1. The second kappa shape index (κ2) is 12.0. The molecule has 1 unspecified atom stereocenters. The van der Waals surface area contributed by atoms with Gasteiger partial charge in [0.15, 0.2) is 0 Å². The van der Waals surface area contributed by atoms with Gasteiger partial charge in [0.1, 0.15) is 6.04 Å². The predicted octanol–water partition coefficient (Wildman–Crippen LogP) is 1.25. The molecule has 1 aliphatic heterocycles. The first-order valence-electron chi connectivity index (χ1n) is 10.8. The van der Waals surface area contributed by atoms with Gasteiger partial charge in [-0.25, -0.2) is 0 Å². The van der Waals surface area contributed by atoms with E-state index < -0.39 is 12.0 Å². The van der Waals surface area contributed by atoms with Crippen molar-refractivity contribution in [3.63, 3.8) is 0 Å². The van der Waals surface area contributed by atoms with Gasteiger partial charge in [0.05, 0.1) is 19.6 Å². The van der Waals surface area contributed by atoms with Crippen LogP contribution in [0.2, 0.25) is 0 Å². The Morgan fingerprint density at radius 2 is 1.97 bits per heavy atom. The molecule has 1 aliphatic rings. The van der Waals surface area contributed by atoms with Crippen LogP contribution in [0.25, 0.3) is 0 Å². The lowest BCUT2D eigenvalue weighted by molar-refractivity contribution is -0.148. The van der Waals surface area contributed by atoms with Crippen molar-refractivity contribution in [2.75, 3.05) is 44.6 Å². The smallest absolute Gasteiger partial charge is 0.307 e. The summed E-state index contributed by atoms with van der Waals surface area (Å²) in [7, 11) is 0. The van der Waals surface area contributed by atoms with E-state index in [-0.39, 0.29) is 30.7 Å². The number of benzene rings is 1. The fourth-order valence-corrected chi connectivity index (χ4v) is 3.41. The standard InChI is InChI=1S/C22H32N4O5/c1-4-12-31-20(28)14-18-21(29)23-10-11-26(18)15-19(27)24-17-9-7-8-16(13-17)22(30)25(5-2)6-3/h7-9,13,18H,4-6,10-12,14-15H2,1-3H3,(H,23,29)(H,24,27). The van der Waals surface area contributed by atoms with Gasteiger partial charge in [-0.2, -0.15) is 0 Å². The van der Waals surface area contributed by atoms with Gasteiger partial charge >= 0.3 is 5.97 Å². The molecule has 9 nitrogen and oxygen atoms in total. The highest BCUT2D eigenvalue weighted by molar-refractivity contribution is 5.98. The summed E-state index contributed by atoms with van der Waals surface area (Å²) >= 11 is 0. The Labute approximate surface area is 183 Å². The number of ether oxygens (including phenoxy) is 1. The van der Waals surface area contributed by atoms with Crippen LogP contribution < -0.4 is 10.6 Å². The Hall–Kier alpha value is -2.94. The second-order valence-electron chi connectivity index (χ2n) is 7.31. The molecule has 2 N–H and O–H groups in total. The van der Waals surface area contributed by atoms with E-state index in [0.717, 1.165) is 0 Å². The van der Waals surface area contributed by atoms with Gasteiger partial charge < -0.3 is 20.3 Å². The maximum atomic E-state index is 12.6. The van der Waals surface area contributed by atoms with Crippen molar-refractivity contribution in [3.8, 4) is 0 Å². The molecule has 3 amide bonds. The maximum Gasteiger partial charge on any atom is 0.307 e. The number of amides is 3. The highest BCUT2D eigenvalue weighted by atomic mass is 16.5. The van der Waals surface area contributed by atoms with E-state index in [1.807, 2.05) is 20.8 Å². The van der Waals surface area contributed by atoms with Gasteiger partial charge in [0.2, 0.25) is 11.8 Å².